The molecular weight excluding hydrogens is 394 g/mol. The summed E-state index contributed by atoms with van der Waals surface area (Å²) in [5.74, 6) is 1.34. The van der Waals surface area contributed by atoms with E-state index in [9.17, 15) is 4.79 Å². The fraction of sp³-hybridized carbons (Fsp3) is 0.375. The molecule has 5 nitrogen and oxygen atoms in total. The van der Waals surface area contributed by atoms with E-state index in [1.165, 1.54) is 17.3 Å². The molecule has 0 bridgehead atoms. The van der Waals surface area contributed by atoms with E-state index in [4.69, 9.17) is 4.74 Å². The molecule has 1 N–H and O–H groups in total. The molecule has 0 radical (unpaired) electrons. The van der Waals surface area contributed by atoms with Crippen molar-refractivity contribution in [2.24, 2.45) is 10.2 Å². The molecule has 6 heteroatoms. The zero-order valence-corrected chi connectivity index (χ0v) is 18.6. The number of amidine groups is 1. The van der Waals surface area contributed by atoms with E-state index in [1.54, 1.807) is 6.21 Å². The quantitative estimate of drug-likeness (QED) is 0.344. The number of carbonyl (C=O) groups excluding carboxylic acids is 1. The van der Waals surface area contributed by atoms with Crippen molar-refractivity contribution in [1.82, 2.24) is 5.32 Å². The van der Waals surface area contributed by atoms with Crippen LogP contribution < -0.4 is 10.1 Å². The zero-order chi connectivity index (χ0) is 21.3. The van der Waals surface area contributed by atoms with Gasteiger partial charge in [0.1, 0.15) is 5.75 Å². The van der Waals surface area contributed by atoms with E-state index in [0.717, 1.165) is 36.3 Å². The van der Waals surface area contributed by atoms with E-state index in [1.807, 2.05) is 24.3 Å². The molecule has 1 amide bonds. The van der Waals surface area contributed by atoms with Gasteiger partial charge in [-0.2, -0.15) is 5.10 Å². The Labute approximate surface area is 183 Å². The van der Waals surface area contributed by atoms with Crippen LogP contribution in [-0.4, -0.2) is 29.1 Å². The number of hydrogen-bond donors (Lipinski definition) is 1. The minimum Gasteiger partial charge on any atom is -0.494 e. The Morgan fingerprint density at radius 3 is 2.53 bits per heavy atom. The average molecular weight is 424 g/mol. The molecule has 0 aromatic heterocycles. The SMILES string of the molecule is CCCCOc1ccc(/C=N\N=C2/NC(=O)[C@@H](Cc3ccc(C(C)C)cc3)S2)cc1. The number of thioether (sulfide) groups is 1. The van der Waals surface area contributed by atoms with E-state index >= 15 is 0 Å². The Hall–Kier alpha value is -2.60. The molecule has 2 aromatic rings. The molecule has 0 spiro atoms. The molecule has 30 heavy (non-hydrogen) atoms. The Kier molecular flexibility index (Phi) is 8.08. The molecule has 158 valence electrons. The first kappa shape index (κ1) is 22.1. The molecule has 1 aliphatic heterocycles. The molecule has 0 unspecified atom stereocenters. The Balaban J connectivity index is 1.52. The molecule has 1 fully saturated rings. The van der Waals surface area contributed by atoms with Crippen molar-refractivity contribution in [3.8, 4) is 5.75 Å². The molecule has 0 saturated carbocycles. The van der Waals surface area contributed by atoms with E-state index in [0.29, 0.717) is 17.5 Å². The smallest absolute Gasteiger partial charge is 0.239 e. The van der Waals surface area contributed by atoms with Crippen LogP contribution in [0.2, 0.25) is 0 Å². The lowest BCUT2D eigenvalue weighted by Gasteiger charge is -2.08. The highest BCUT2D eigenvalue weighted by atomic mass is 32.2. The average Bonchev–Trinajstić information content (AvgIpc) is 3.09. The van der Waals surface area contributed by atoms with Crippen LogP contribution in [0.4, 0.5) is 0 Å². The Morgan fingerprint density at radius 1 is 1.13 bits per heavy atom. The first-order chi connectivity index (χ1) is 14.5. The maximum atomic E-state index is 12.3. The van der Waals surface area contributed by atoms with Gasteiger partial charge in [-0.1, -0.05) is 63.2 Å². The Morgan fingerprint density at radius 2 is 1.87 bits per heavy atom. The summed E-state index contributed by atoms with van der Waals surface area (Å²) in [5.41, 5.74) is 3.38. The van der Waals surface area contributed by atoms with Crippen molar-refractivity contribution < 1.29 is 9.53 Å². The predicted octanol–water partition coefficient (Wildman–Crippen LogP) is 5.15. The summed E-state index contributed by atoms with van der Waals surface area (Å²) in [6, 6.07) is 16.2. The molecule has 3 rings (SSSR count). The molecule has 2 aromatic carbocycles. The van der Waals surface area contributed by atoms with Gasteiger partial charge in [-0.15, -0.1) is 5.10 Å². The summed E-state index contributed by atoms with van der Waals surface area (Å²) < 4.78 is 5.65. The normalized spacial score (nSPS) is 17.8. The third-order valence-electron chi connectivity index (χ3n) is 4.85. The lowest BCUT2D eigenvalue weighted by Crippen LogP contribution is -2.25. The van der Waals surface area contributed by atoms with Gasteiger partial charge in [0, 0.05) is 0 Å². The van der Waals surface area contributed by atoms with Gasteiger partial charge in [0.15, 0.2) is 5.17 Å². The monoisotopic (exact) mass is 423 g/mol. The van der Waals surface area contributed by atoms with Gasteiger partial charge in [-0.25, -0.2) is 0 Å². The topological polar surface area (TPSA) is 63.1 Å². The maximum absolute atomic E-state index is 12.3. The number of unbranched alkanes of at least 4 members (excludes halogenated alkanes) is 1. The highest BCUT2D eigenvalue weighted by molar-refractivity contribution is 8.15. The number of rotatable bonds is 9. The van der Waals surface area contributed by atoms with Crippen LogP contribution in [0.5, 0.6) is 5.75 Å². The minimum absolute atomic E-state index is 0.0181. The number of amides is 1. The summed E-state index contributed by atoms with van der Waals surface area (Å²) in [4.78, 5) is 12.3. The maximum Gasteiger partial charge on any atom is 0.239 e. The van der Waals surface area contributed by atoms with E-state index in [-0.39, 0.29) is 11.2 Å². The van der Waals surface area contributed by atoms with Gasteiger partial charge in [0.25, 0.3) is 0 Å². The van der Waals surface area contributed by atoms with Crippen molar-refractivity contribution in [3.63, 3.8) is 0 Å². The fourth-order valence-corrected chi connectivity index (χ4v) is 3.94. The largest absolute Gasteiger partial charge is 0.494 e. The number of hydrogen-bond acceptors (Lipinski definition) is 5. The van der Waals surface area contributed by atoms with Gasteiger partial charge in [0.2, 0.25) is 5.91 Å². The van der Waals surface area contributed by atoms with Crippen LogP contribution in [0.1, 0.15) is 56.2 Å². The molecule has 1 heterocycles. The van der Waals surface area contributed by atoms with Crippen LogP contribution in [0.15, 0.2) is 58.7 Å². The Bertz CT molecular complexity index is 890. The van der Waals surface area contributed by atoms with Gasteiger partial charge in [-0.3, -0.25) is 4.79 Å². The third-order valence-corrected chi connectivity index (χ3v) is 5.92. The molecular formula is C24H29N3O2S. The summed E-state index contributed by atoms with van der Waals surface area (Å²) in [6.45, 7) is 7.22. The van der Waals surface area contributed by atoms with Crippen molar-refractivity contribution in [3.05, 3.63) is 65.2 Å². The standard InChI is InChI=1S/C24H29N3O2S/c1-4-5-14-29-21-12-8-19(9-13-21)16-25-27-24-26-23(28)22(30-24)15-18-6-10-20(11-7-18)17(2)3/h6-13,16-17,22H,4-5,14-15H2,1-3H3,(H,26,27,28)/b25-16-/t22-/m1/s1. The predicted molar refractivity (Wildman–Crippen MR) is 126 cm³/mol. The second-order valence-electron chi connectivity index (χ2n) is 7.62. The van der Waals surface area contributed by atoms with Gasteiger partial charge in [-0.05, 0) is 59.7 Å². The second kappa shape index (κ2) is 11.0. The van der Waals surface area contributed by atoms with Crippen molar-refractivity contribution >= 4 is 29.1 Å². The lowest BCUT2D eigenvalue weighted by atomic mass is 10.0. The highest BCUT2D eigenvalue weighted by Gasteiger charge is 2.30. The summed E-state index contributed by atoms with van der Waals surface area (Å²) in [6.07, 6.45) is 4.52. The number of nitrogens with zero attached hydrogens (tertiary/aromatic N) is 2. The van der Waals surface area contributed by atoms with E-state index in [2.05, 4.69) is 60.6 Å². The zero-order valence-electron chi connectivity index (χ0n) is 17.8. The summed E-state index contributed by atoms with van der Waals surface area (Å²) in [5, 5.41) is 11.5. The van der Waals surface area contributed by atoms with Crippen molar-refractivity contribution in [2.75, 3.05) is 6.61 Å². The number of ether oxygens (including phenoxy) is 1. The van der Waals surface area contributed by atoms with Crippen molar-refractivity contribution in [1.29, 1.82) is 0 Å². The van der Waals surface area contributed by atoms with Crippen LogP contribution in [-0.2, 0) is 11.2 Å². The lowest BCUT2D eigenvalue weighted by molar-refractivity contribution is -0.118. The first-order valence-electron chi connectivity index (χ1n) is 10.5. The van der Waals surface area contributed by atoms with Gasteiger partial charge < -0.3 is 10.1 Å². The fourth-order valence-electron chi connectivity index (χ4n) is 2.97. The van der Waals surface area contributed by atoms with Crippen molar-refractivity contribution in [2.45, 2.75) is 51.2 Å². The molecule has 1 atom stereocenters. The van der Waals surface area contributed by atoms with E-state index < -0.39 is 0 Å². The molecule has 1 aliphatic rings. The summed E-state index contributed by atoms with van der Waals surface area (Å²) >= 11 is 1.43. The number of benzene rings is 2. The van der Waals surface area contributed by atoms with Gasteiger partial charge >= 0.3 is 0 Å². The molecule has 1 saturated heterocycles. The van der Waals surface area contributed by atoms with Gasteiger partial charge in [0.05, 0.1) is 18.1 Å². The van der Waals surface area contributed by atoms with Crippen LogP contribution in [0.25, 0.3) is 0 Å². The number of carbonyl (C=O) groups is 1. The summed E-state index contributed by atoms with van der Waals surface area (Å²) in [7, 11) is 0. The minimum atomic E-state index is -0.177. The molecule has 0 aliphatic carbocycles. The third kappa shape index (κ3) is 6.46. The van der Waals surface area contributed by atoms with Crippen LogP contribution in [0, 0.1) is 0 Å². The second-order valence-corrected chi connectivity index (χ2v) is 8.81. The van der Waals surface area contributed by atoms with Crippen LogP contribution >= 0.6 is 11.8 Å². The number of nitrogens with one attached hydrogen (secondary N) is 1. The van der Waals surface area contributed by atoms with Crippen LogP contribution in [0.3, 0.4) is 0 Å². The highest BCUT2D eigenvalue weighted by Crippen LogP contribution is 2.24. The first-order valence-corrected chi connectivity index (χ1v) is 11.3.